The largest absolute Gasteiger partial charge is 0.494 e. The second-order valence-electron chi connectivity index (χ2n) is 4.30. The molecule has 0 saturated carbocycles. The Morgan fingerprint density at radius 2 is 1.95 bits per heavy atom. The standard InChI is InChI=1S/C14H14N2O5/c1-21-10(17)7-8-16-13(19)11(12(18)15-14(16)20)9-5-3-2-4-6-9/h2-6,19H,7-8H2,1H3,(H,15,18,20). The van der Waals surface area contributed by atoms with Crippen molar-refractivity contribution in [1.82, 2.24) is 9.55 Å². The maximum Gasteiger partial charge on any atom is 0.331 e. The topological polar surface area (TPSA) is 101 Å². The summed E-state index contributed by atoms with van der Waals surface area (Å²) >= 11 is 0. The van der Waals surface area contributed by atoms with Crippen molar-refractivity contribution in [1.29, 1.82) is 0 Å². The van der Waals surface area contributed by atoms with Gasteiger partial charge in [-0.1, -0.05) is 30.3 Å². The lowest BCUT2D eigenvalue weighted by Gasteiger charge is -2.10. The van der Waals surface area contributed by atoms with Crippen molar-refractivity contribution in [2.45, 2.75) is 13.0 Å². The lowest BCUT2D eigenvalue weighted by molar-refractivity contribution is -0.140. The number of rotatable bonds is 4. The number of hydrogen-bond acceptors (Lipinski definition) is 5. The summed E-state index contributed by atoms with van der Waals surface area (Å²) in [4.78, 5) is 36.9. The number of benzene rings is 1. The number of carbonyl (C=O) groups excluding carboxylic acids is 1. The molecule has 0 fully saturated rings. The molecule has 0 aliphatic carbocycles. The van der Waals surface area contributed by atoms with Gasteiger partial charge in [-0.3, -0.25) is 19.1 Å². The predicted octanol–water partition coefficient (Wildman–Crippen LogP) is 0.472. The molecule has 0 unspecified atom stereocenters. The van der Waals surface area contributed by atoms with Crippen LogP contribution in [0.15, 0.2) is 39.9 Å². The number of aromatic nitrogens is 2. The zero-order valence-corrected chi connectivity index (χ0v) is 11.3. The molecule has 7 heteroatoms. The zero-order valence-electron chi connectivity index (χ0n) is 11.3. The van der Waals surface area contributed by atoms with Gasteiger partial charge in [0.1, 0.15) is 5.56 Å². The average Bonchev–Trinajstić information content (AvgIpc) is 2.47. The van der Waals surface area contributed by atoms with E-state index in [1.54, 1.807) is 30.3 Å². The number of carbonyl (C=O) groups is 1. The van der Waals surface area contributed by atoms with E-state index in [1.807, 2.05) is 0 Å². The minimum Gasteiger partial charge on any atom is -0.494 e. The predicted molar refractivity (Wildman–Crippen MR) is 75.1 cm³/mol. The molecular formula is C14H14N2O5. The molecule has 0 aliphatic rings. The highest BCUT2D eigenvalue weighted by atomic mass is 16.5. The number of esters is 1. The number of hydrogen-bond donors (Lipinski definition) is 2. The fraction of sp³-hybridized carbons (Fsp3) is 0.214. The first kappa shape index (κ1) is 14.6. The zero-order chi connectivity index (χ0) is 15.4. The van der Waals surface area contributed by atoms with Gasteiger partial charge in [0.2, 0.25) is 5.88 Å². The highest BCUT2D eigenvalue weighted by Gasteiger charge is 2.16. The first-order valence-electron chi connectivity index (χ1n) is 6.23. The van der Waals surface area contributed by atoms with Gasteiger partial charge in [0.25, 0.3) is 5.56 Å². The second kappa shape index (κ2) is 6.08. The van der Waals surface area contributed by atoms with Gasteiger partial charge in [-0.2, -0.15) is 0 Å². The van der Waals surface area contributed by atoms with E-state index in [9.17, 15) is 19.5 Å². The maximum absolute atomic E-state index is 11.9. The van der Waals surface area contributed by atoms with E-state index in [-0.39, 0.29) is 18.5 Å². The molecule has 2 rings (SSSR count). The van der Waals surface area contributed by atoms with E-state index in [4.69, 9.17) is 0 Å². The molecule has 1 aromatic heterocycles. The molecular weight excluding hydrogens is 276 g/mol. The Morgan fingerprint density at radius 3 is 2.57 bits per heavy atom. The van der Waals surface area contributed by atoms with Crippen LogP contribution in [0.3, 0.4) is 0 Å². The van der Waals surface area contributed by atoms with Crippen molar-refractivity contribution in [3.8, 4) is 17.0 Å². The number of methoxy groups -OCH3 is 1. The minimum atomic E-state index is -0.777. The van der Waals surface area contributed by atoms with Crippen LogP contribution in [0, 0.1) is 0 Å². The third-order valence-corrected chi connectivity index (χ3v) is 3.00. The van der Waals surface area contributed by atoms with Crippen molar-refractivity contribution in [2.75, 3.05) is 7.11 Å². The maximum atomic E-state index is 11.9. The van der Waals surface area contributed by atoms with Gasteiger partial charge in [0.15, 0.2) is 0 Å². The van der Waals surface area contributed by atoms with E-state index in [1.165, 1.54) is 7.11 Å². The van der Waals surface area contributed by atoms with E-state index in [0.29, 0.717) is 5.56 Å². The summed E-state index contributed by atoms with van der Waals surface area (Å²) in [6.07, 6.45) is -0.0930. The van der Waals surface area contributed by atoms with Crippen LogP contribution in [0.4, 0.5) is 0 Å². The van der Waals surface area contributed by atoms with Crippen LogP contribution in [0.5, 0.6) is 5.88 Å². The summed E-state index contributed by atoms with van der Waals surface area (Å²) in [5.74, 6) is -0.993. The van der Waals surface area contributed by atoms with Gasteiger partial charge in [-0.15, -0.1) is 0 Å². The molecule has 0 atom stereocenters. The molecule has 0 aliphatic heterocycles. The normalized spacial score (nSPS) is 10.3. The first-order valence-corrected chi connectivity index (χ1v) is 6.23. The lowest BCUT2D eigenvalue weighted by atomic mass is 10.1. The van der Waals surface area contributed by atoms with Crippen molar-refractivity contribution in [3.63, 3.8) is 0 Å². The van der Waals surface area contributed by atoms with Crippen LogP contribution < -0.4 is 11.2 Å². The number of nitrogens with zero attached hydrogens (tertiary/aromatic N) is 1. The van der Waals surface area contributed by atoms with Crippen molar-refractivity contribution < 1.29 is 14.6 Å². The highest BCUT2D eigenvalue weighted by molar-refractivity contribution is 5.69. The van der Waals surface area contributed by atoms with E-state index < -0.39 is 23.1 Å². The molecule has 2 aromatic rings. The Bertz CT molecular complexity index is 761. The third kappa shape index (κ3) is 3.02. The Morgan fingerprint density at radius 1 is 1.29 bits per heavy atom. The minimum absolute atomic E-state index is 0.0138. The molecule has 0 spiro atoms. The Kier molecular flexibility index (Phi) is 4.22. The molecule has 1 heterocycles. The first-order chi connectivity index (χ1) is 10.0. The summed E-state index contributed by atoms with van der Waals surface area (Å²) in [6, 6.07) is 8.46. The van der Waals surface area contributed by atoms with Crippen molar-refractivity contribution in [3.05, 3.63) is 51.2 Å². The summed E-state index contributed by atoms with van der Waals surface area (Å²) in [5.41, 5.74) is -0.998. The average molecular weight is 290 g/mol. The third-order valence-electron chi connectivity index (χ3n) is 3.00. The quantitative estimate of drug-likeness (QED) is 0.797. The van der Waals surface area contributed by atoms with E-state index in [2.05, 4.69) is 9.72 Å². The Hall–Kier alpha value is -2.83. The number of aromatic amines is 1. The number of H-pyrrole nitrogens is 1. The summed E-state index contributed by atoms with van der Waals surface area (Å²) in [5, 5.41) is 10.2. The summed E-state index contributed by atoms with van der Waals surface area (Å²) < 4.78 is 5.41. The summed E-state index contributed by atoms with van der Waals surface area (Å²) in [6.45, 7) is -0.0893. The van der Waals surface area contributed by atoms with Gasteiger partial charge in [-0.05, 0) is 5.56 Å². The summed E-state index contributed by atoms with van der Waals surface area (Å²) in [7, 11) is 1.23. The van der Waals surface area contributed by atoms with Gasteiger partial charge >= 0.3 is 11.7 Å². The SMILES string of the molecule is COC(=O)CCn1c(O)c(-c2ccccc2)c(=O)[nH]c1=O. The molecule has 1 aromatic carbocycles. The van der Waals surface area contributed by atoms with Gasteiger partial charge < -0.3 is 9.84 Å². The number of nitrogens with one attached hydrogen (secondary N) is 1. The molecule has 0 radical (unpaired) electrons. The second-order valence-corrected chi connectivity index (χ2v) is 4.30. The van der Waals surface area contributed by atoms with Crippen LogP contribution in [0.25, 0.3) is 11.1 Å². The number of aromatic hydroxyl groups is 1. The van der Waals surface area contributed by atoms with Crippen molar-refractivity contribution >= 4 is 5.97 Å². The number of ether oxygens (including phenoxy) is 1. The molecule has 0 saturated heterocycles. The molecule has 2 N–H and O–H groups in total. The van der Waals surface area contributed by atoms with Crippen LogP contribution in [-0.4, -0.2) is 27.7 Å². The smallest absolute Gasteiger partial charge is 0.331 e. The fourth-order valence-corrected chi connectivity index (χ4v) is 1.94. The van der Waals surface area contributed by atoms with Crippen LogP contribution in [0.2, 0.25) is 0 Å². The van der Waals surface area contributed by atoms with Crippen LogP contribution in [0.1, 0.15) is 6.42 Å². The van der Waals surface area contributed by atoms with Gasteiger partial charge in [-0.25, -0.2) is 4.79 Å². The monoisotopic (exact) mass is 290 g/mol. The van der Waals surface area contributed by atoms with Crippen LogP contribution >= 0.6 is 0 Å². The van der Waals surface area contributed by atoms with Crippen molar-refractivity contribution in [2.24, 2.45) is 0 Å². The van der Waals surface area contributed by atoms with Gasteiger partial charge in [0, 0.05) is 6.54 Å². The van der Waals surface area contributed by atoms with Crippen LogP contribution in [-0.2, 0) is 16.1 Å². The Balaban J connectivity index is 2.51. The van der Waals surface area contributed by atoms with Gasteiger partial charge in [0.05, 0.1) is 13.5 Å². The van der Waals surface area contributed by atoms with E-state index in [0.717, 1.165) is 4.57 Å². The lowest BCUT2D eigenvalue weighted by Crippen LogP contribution is -2.31. The fourth-order valence-electron chi connectivity index (χ4n) is 1.94. The van der Waals surface area contributed by atoms with E-state index >= 15 is 0 Å². The molecule has 0 amide bonds. The Labute approximate surface area is 119 Å². The molecule has 110 valence electrons. The highest BCUT2D eigenvalue weighted by Crippen LogP contribution is 2.23. The molecule has 0 bridgehead atoms. The molecule has 21 heavy (non-hydrogen) atoms. The molecule has 7 nitrogen and oxygen atoms in total.